The molecule has 3 aliphatic heterocycles. The Morgan fingerprint density at radius 3 is 2.78 bits per heavy atom. The van der Waals surface area contributed by atoms with E-state index in [9.17, 15) is 0 Å². The van der Waals surface area contributed by atoms with Gasteiger partial charge in [-0.2, -0.15) is 0 Å². The second-order valence-electron chi connectivity index (χ2n) is 6.75. The van der Waals surface area contributed by atoms with Crippen LogP contribution >= 0.6 is 11.6 Å². The van der Waals surface area contributed by atoms with Crippen LogP contribution in [0.2, 0.25) is 5.02 Å². The molecule has 0 aromatic heterocycles. The highest BCUT2D eigenvalue weighted by atomic mass is 35.5. The molecule has 0 spiro atoms. The Hall–Kier alpha value is -0.810. The summed E-state index contributed by atoms with van der Waals surface area (Å²) in [5.74, 6) is 1.52. The van der Waals surface area contributed by atoms with Gasteiger partial charge in [-0.1, -0.05) is 17.7 Å². The number of benzene rings is 1. The molecule has 3 heterocycles. The maximum atomic E-state index is 6.26. The number of fused-ring (bicyclic) bond motifs is 4. The van der Waals surface area contributed by atoms with Crippen molar-refractivity contribution in [2.75, 3.05) is 47.0 Å². The summed E-state index contributed by atoms with van der Waals surface area (Å²) in [6.07, 6.45) is 2.67. The molecule has 1 aromatic carbocycles. The van der Waals surface area contributed by atoms with Crippen LogP contribution in [0.5, 0.6) is 5.75 Å². The lowest BCUT2D eigenvalue weighted by atomic mass is 9.95. The van der Waals surface area contributed by atoms with Gasteiger partial charge in [-0.25, -0.2) is 0 Å². The summed E-state index contributed by atoms with van der Waals surface area (Å²) in [4.78, 5) is 5.21. The number of rotatable bonds is 6. The molecule has 0 aliphatic carbocycles. The third kappa shape index (κ3) is 4.18. The van der Waals surface area contributed by atoms with Crippen LogP contribution in [0.3, 0.4) is 0 Å². The monoisotopic (exact) mass is 338 g/mol. The van der Waals surface area contributed by atoms with Gasteiger partial charge < -0.3 is 9.47 Å². The van der Waals surface area contributed by atoms with Crippen molar-refractivity contribution in [1.29, 1.82) is 0 Å². The summed E-state index contributed by atoms with van der Waals surface area (Å²) < 4.78 is 10.5. The van der Waals surface area contributed by atoms with Crippen LogP contribution in [0, 0.1) is 5.92 Å². The zero-order chi connectivity index (χ0) is 16.2. The van der Waals surface area contributed by atoms with Gasteiger partial charge in [0, 0.05) is 45.9 Å². The van der Waals surface area contributed by atoms with Gasteiger partial charge in [0.05, 0.1) is 18.7 Å². The van der Waals surface area contributed by atoms with Crippen molar-refractivity contribution >= 4 is 11.6 Å². The van der Waals surface area contributed by atoms with Gasteiger partial charge >= 0.3 is 0 Å². The van der Waals surface area contributed by atoms with Crippen LogP contribution in [0.25, 0.3) is 0 Å². The van der Waals surface area contributed by atoms with E-state index in [1.165, 1.54) is 31.5 Å². The van der Waals surface area contributed by atoms with Gasteiger partial charge in [0.25, 0.3) is 0 Å². The van der Waals surface area contributed by atoms with Gasteiger partial charge in [0.2, 0.25) is 0 Å². The van der Waals surface area contributed by atoms with E-state index in [1.54, 1.807) is 14.2 Å². The SMILES string of the molecule is COCCN1C[C@H]2CC[C@@H]1CN(Cc1ccc(OC)c(Cl)c1)C2. The fourth-order valence-electron chi connectivity index (χ4n) is 3.95. The maximum absolute atomic E-state index is 6.26. The number of hydrogen-bond acceptors (Lipinski definition) is 4. The molecule has 4 nitrogen and oxygen atoms in total. The van der Waals surface area contributed by atoms with Gasteiger partial charge in [-0.15, -0.1) is 0 Å². The van der Waals surface area contributed by atoms with Crippen LogP contribution in [0.4, 0.5) is 0 Å². The van der Waals surface area contributed by atoms with Crippen molar-refractivity contribution in [2.45, 2.75) is 25.4 Å². The summed E-state index contributed by atoms with van der Waals surface area (Å²) in [5.41, 5.74) is 1.26. The summed E-state index contributed by atoms with van der Waals surface area (Å²) in [7, 11) is 3.44. The fraction of sp³-hybridized carbons (Fsp3) is 0.667. The second-order valence-corrected chi connectivity index (χ2v) is 7.16. The molecule has 1 aromatic rings. The van der Waals surface area contributed by atoms with E-state index in [0.29, 0.717) is 11.1 Å². The third-order valence-corrected chi connectivity index (χ3v) is 5.40. The summed E-state index contributed by atoms with van der Waals surface area (Å²) in [6.45, 7) is 6.40. The Labute approximate surface area is 144 Å². The molecule has 0 amide bonds. The Morgan fingerprint density at radius 2 is 2.04 bits per heavy atom. The second kappa shape index (κ2) is 7.84. The highest BCUT2D eigenvalue weighted by Crippen LogP contribution is 2.30. The van der Waals surface area contributed by atoms with Crippen molar-refractivity contribution in [3.8, 4) is 5.75 Å². The minimum absolute atomic E-state index is 0.664. The molecule has 128 valence electrons. The first kappa shape index (κ1) is 17.0. The minimum atomic E-state index is 0.664. The van der Waals surface area contributed by atoms with Gasteiger partial charge in [0.15, 0.2) is 0 Å². The first-order valence-corrected chi connectivity index (χ1v) is 8.85. The summed E-state index contributed by atoms with van der Waals surface area (Å²) >= 11 is 6.26. The maximum Gasteiger partial charge on any atom is 0.137 e. The van der Waals surface area contributed by atoms with Gasteiger partial charge in [0.1, 0.15) is 5.75 Å². The average Bonchev–Trinajstić information content (AvgIpc) is 2.83. The molecule has 2 bridgehead atoms. The number of hydrogen-bond donors (Lipinski definition) is 0. The smallest absolute Gasteiger partial charge is 0.137 e. The van der Waals surface area contributed by atoms with E-state index < -0.39 is 0 Å². The number of piperidine rings is 1. The van der Waals surface area contributed by atoms with Crippen LogP contribution in [0.1, 0.15) is 18.4 Å². The molecule has 0 saturated carbocycles. The quantitative estimate of drug-likeness (QED) is 0.796. The lowest BCUT2D eigenvalue weighted by Crippen LogP contribution is -2.45. The molecule has 3 aliphatic rings. The lowest BCUT2D eigenvalue weighted by Gasteiger charge is -2.35. The van der Waals surface area contributed by atoms with E-state index >= 15 is 0 Å². The van der Waals surface area contributed by atoms with Crippen molar-refractivity contribution in [2.24, 2.45) is 5.92 Å². The van der Waals surface area contributed by atoms with Gasteiger partial charge in [-0.05, 0) is 36.5 Å². The van der Waals surface area contributed by atoms with Crippen molar-refractivity contribution in [3.05, 3.63) is 28.8 Å². The van der Waals surface area contributed by atoms with E-state index in [1.807, 2.05) is 12.1 Å². The molecule has 3 saturated heterocycles. The molecule has 0 N–H and O–H groups in total. The third-order valence-electron chi connectivity index (χ3n) is 5.11. The largest absolute Gasteiger partial charge is 0.495 e. The Kier molecular flexibility index (Phi) is 5.81. The van der Waals surface area contributed by atoms with Crippen LogP contribution in [-0.4, -0.2) is 62.8 Å². The number of nitrogens with zero attached hydrogens (tertiary/aromatic N) is 2. The molecular weight excluding hydrogens is 312 g/mol. The minimum Gasteiger partial charge on any atom is -0.495 e. The van der Waals surface area contributed by atoms with Crippen LogP contribution in [-0.2, 0) is 11.3 Å². The van der Waals surface area contributed by atoms with E-state index in [-0.39, 0.29) is 0 Å². The van der Waals surface area contributed by atoms with Crippen molar-refractivity contribution in [1.82, 2.24) is 9.80 Å². The van der Waals surface area contributed by atoms with Crippen LogP contribution in [0.15, 0.2) is 18.2 Å². The first-order valence-electron chi connectivity index (χ1n) is 8.47. The van der Waals surface area contributed by atoms with Crippen molar-refractivity contribution < 1.29 is 9.47 Å². The van der Waals surface area contributed by atoms with E-state index in [0.717, 1.165) is 37.9 Å². The molecule has 5 heteroatoms. The lowest BCUT2D eigenvalue weighted by molar-refractivity contribution is 0.0867. The topological polar surface area (TPSA) is 24.9 Å². The standard InChI is InChI=1S/C18H27ClN2O2/c1-22-8-7-21-12-15-3-5-16(21)13-20(11-15)10-14-4-6-18(23-2)17(19)9-14/h4,6,9,15-16H,3,5,7-8,10-13H2,1-2H3/t15-,16+/m0/s1. The average molecular weight is 339 g/mol. The fourth-order valence-corrected chi connectivity index (χ4v) is 4.23. The predicted molar refractivity (Wildman–Crippen MR) is 93.2 cm³/mol. The summed E-state index contributed by atoms with van der Waals surface area (Å²) in [6, 6.07) is 6.79. The highest BCUT2D eigenvalue weighted by molar-refractivity contribution is 6.32. The zero-order valence-corrected chi connectivity index (χ0v) is 14.9. The Morgan fingerprint density at radius 1 is 1.17 bits per heavy atom. The number of ether oxygens (including phenoxy) is 2. The summed E-state index contributed by atoms with van der Waals surface area (Å²) in [5, 5.41) is 0.699. The Bertz CT molecular complexity index is 526. The molecule has 2 atom stereocenters. The number of methoxy groups -OCH3 is 2. The van der Waals surface area contributed by atoms with Gasteiger partial charge in [-0.3, -0.25) is 9.80 Å². The Balaban J connectivity index is 1.64. The normalized spacial score (nSPS) is 25.5. The number of halogens is 1. The van der Waals surface area contributed by atoms with E-state index in [2.05, 4.69) is 15.9 Å². The van der Waals surface area contributed by atoms with Crippen LogP contribution < -0.4 is 4.74 Å². The highest BCUT2D eigenvalue weighted by Gasteiger charge is 2.34. The zero-order valence-electron chi connectivity index (χ0n) is 14.1. The predicted octanol–water partition coefficient (Wildman–Crippen LogP) is 2.89. The first-order chi connectivity index (χ1) is 11.2. The molecule has 0 unspecified atom stereocenters. The molecule has 0 radical (unpaired) electrons. The van der Waals surface area contributed by atoms with Crippen molar-refractivity contribution in [3.63, 3.8) is 0 Å². The molecular formula is C18H27ClN2O2. The molecule has 3 fully saturated rings. The molecule has 4 rings (SSSR count). The van der Waals surface area contributed by atoms with E-state index in [4.69, 9.17) is 21.1 Å². The molecule has 23 heavy (non-hydrogen) atoms.